The number of carbonyl (C=O) groups is 1. The summed E-state index contributed by atoms with van der Waals surface area (Å²) in [6, 6.07) is -0.369. The van der Waals surface area contributed by atoms with Crippen LogP contribution in [0, 0.1) is 0 Å². The molecule has 0 bridgehead atoms. The van der Waals surface area contributed by atoms with Crippen LogP contribution in [0.4, 0.5) is 0 Å². The van der Waals surface area contributed by atoms with E-state index in [9.17, 15) is 4.79 Å². The molecule has 0 aliphatic heterocycles. The minimum Gasteiger partial charge on any atom is -0.480 e. The summed E-state index contributed by atoms with van der Waals surface area (Å²) in [6.45, 7) is 2.71. The first kappa shape index (κ1) is 13.8. The number of aliphatic carboxylic acids is 1. The maximum atomic E-state index is 10.8. The molecule has 1 rings (SSSR count). The van der Waals surface area contributed by atoms with Gasteiger partial charge >= 0.3 is 5.97 Å². The van der Waals surface area contributed by atoms with E-state index in [1.807, 2.05) is 18.7 Å². The SMILES string of the molecule is CC[C@H](NCCSC1CCCCC1)C(=O)O. The zero-order valence-corrected chi connectivity index (χ0v) is 10.9. The monoisotopic (exact) mass is 245 g/mol. The largest absolute Gasteiger partial charge is 0.480 e. The minimum atomic E-state index is -0.731. The third kappa shape index (κ3) is 5.21. The van der Waals surface area contributed by atoms with Gasteiger partial charge in [0.25, 0.3) is 0 Å². The number of rotatable bonds is 7. The molecule has 0 amide bonds. The highest BCUT2D eigenvalue weighted by atomic mass is 32.2. The molecule has 1 aliphatic rings. The second-order valence-corrected chi connectivity index (χ2v) is 5.79. The van der Waals surface area contributed by atoms with Crippen LogP contribution in [0.3, 0.4) is 0 Å². The van der Waals surface area contributed by atoms with Crippen LogP contribution in [0.5, 0.6) is 0 Å². The van der Waals surface area contributed by atoms with E-state index in [1.165, 1.54) is 32.1 Å². The summed E-state index contributed by atoms with van der Waals surface area (Å²) in [5.74, 6) is 0.305. The van der Waals surface area contributed by atoms with Crippen LogP contribution in [-0.2, 0) is 4.79 Å². The summed E-state index contributed by atoms with van der Waals surface area (Å²) in [4.78, 5) is 10.8. The maximum absolute atomic E-state index is 10.8. The molecular weight excluding hydrogens is 222 g/mol. The molecule has 0 radical (unpaired) electrons. The van der Waals surface area contributed by atoms with Gasteiger partial charge in [-0.05, 0) is 19.3 Å². The highest BCUT2D eigenvalue weighted by Gasteiger charge is 2.15. The van der Waals surface area contributed by atoms with Crippen LogP contribution in [0.1, 0.15) is 45.4 Å². The standard InChI is InChI=1S/C12H23NO2S/c1-2-11(12(14)15)13-8-9-16-10-6-4-3-5-7-10/h10-11,13H,2-9H2,1H3,(H,14,15)/t11-/m0/s1. The summed E-state index contributed by atoms with van der Waals surface area (Å²) >= 11 is 2.01. The van der Waals surface area contributed by atoms with Crippen molar-refractivity contribution >= 4 is 17.7 Å². The summed E-state index contributed by atoms with van der Waals surface area (Å²) in [5.41, 5.74) is 0. The van der Waals surface area contributed by atoms with E-state index in [2.05, 4.69) is 5.32 Å². The second-order valence-electron chi connectivity index (χ2n) is 4.38. The zero-order chi connectivity index (χ0) is 11.8. The van der Waals surface area contributed by atoms with Crippen molar-refractivity contribution in [2.24, 2.45) is 0 Å². The zero-order valence-electron chi connectivity index (χ0n) is 10.1. The van der Waals surface area contributed by atoms with E-state index in [0.29, 0.717) is 6.42 Å². The summed E-state index contributed by atoms with van der Waals surface area (Å²) in [6.07, 6.45) is 7.49. The Kier molecular flexibility index (Phi) is 6.88. The van der Waals surface area contributed by atoms with Crippen molar-refractivity contribution in [3.05, 3.63) is 0 Å². The molecule has 4 heteroatoms. The smallest absolute Gasteiger partial charge is 0.320 e. The fraction of sp³-hybridized carbons (Fsp3) is 0.917. The Bertz CT molecular complexity index is 205. The number of nitrogens with one attached hydrogen (secondary N) is 1. The van der Waals surface area contributed by atoms with E-state index in [1.54, 1.807) is 0 Å². The topological polar surface area (TPSA) is 49.3 Å². The molecule has 0 spiro atoms. The van der Waals surface area contributed by atoms with Gasteiger partial charge in [-0.1, -0.05) is 26.2 Å². The third-order valence-corrected chi connectivity index (χ3v) is 4.49. The quantitative estimate of drug-likeness (QED) is 0.677. The Morgan fingerprint density at radius 3 is 2.69 bits per heavy atom. The van der Waals surface area contributed by atoms with Crippen molar-refractivity contribution in [3.8, 4) is 0 Å². The van der Waals surface area contributed by atoms with Crippen LogP contribution in [0.2, 0.25) is 0 Å². The van der Waals surface area contributed by atoms with Crippen molar-refractivity contribution < 1.29 is 9.90 Å². The van der Waals surface area contributed by atoms with Crippen LogP contribution >= 0.6 is 11.8 Å². The fourth-order valence-corrected chi connectivity index (χ4v) is 3.33. The van der Waals surface area contributed by atoms with Crippen molar-refractivity contribution in [1.82, 2.24) is 5.32 Å². The Labute approximate surface area is 102 Å². The molecule has 0 heterocycles. The lowest BCUT2D eigenvalue weighted by molar-refractivity contribution is -0.139. The predicted molar refractivity (Wildman–Crippen MR) is 69.0 cm³/mol. The first-order valence-corrected chi connectivity index (χ1v) is 7.36. The Balaban J connectivity index is 2.03. The number of hydrogen-bond acceptors (Lipinski definition) is 3. The van der Waals surface area contributed by atoms with Gasteiger partial charge in [-0.15, -0.1) is 0 Å². The highest BCUT2D eigenvalue weighted by molar-refractivity contribution is 7.99. The third-order valence-electron chi connectivity index (χ3n) is 3.10. The molecule has 1 aliphatic carbocycles. The average Bonchev–Trinajstić information content (AvgIpc) is 2.30. The number of hydrogen-bond donors (Lipinski definition) is 2. The average molecular weight is 245 g/mol. The van der Waals surface area contributed by atoms with E-state index in [4.69, 9.17) is 5.11 Å². The number of carboxylic acids is 1. The second kappa shape index (κ2) is 7.96. The summed E-state index contributed by atoms with van der Waals surface area (Å²) in [5, 5.41) is 12.8. The van der Waals surface area contributed by atoms with Gasteiger partial charge in [-0.25, -0.2) is 0 Å². The molecule has 0 aromatic carbocycles. The fourth-order valence-electron chi connectivity index (χ4n) is 2.10. The van der Waals surface area contributed by atoms with E-state index in [-0.39, 0.29) is 6.04 Å². The minimum absolute atomic E-state index is 0.369. The van der Waals surface area contributed by atoms with Crippen LogP contribution in [0.25, 0.3) is 0 Å². The highest BCUT2D eigenvalue weighted by Crippen LogP contribution is 2.27. The lowest BCUT2D eigenvalue weighted by atomic mass is 10.0. The van der Waals surface area contributed by atoms with Gasteiger partial charge in [0.2, 0.25) is 0 Å². The van der Waals surface area contributed by atoms with Gasteiger partial charge in [-0.3, -0.25) is 4.79 Å². The van der Waals surface area contributed by atoms with Crippen molar-refractivity contribution in [2.75, 3.05) is 12.3 Å². The van der Waals surface area contributed by atoms with Gasteiger partial charge < -0.3 is 10.4 Å². The molecule has 0 aromatic rings. The first-order valence-electron chi connectivity index (χ1n) is 6.31. The molecule has 0 saturated heterocycles. The molecule has 1 saturated carbocycles. The molecule has 94 valence electrons. The molecule has 1 fully saturated rings. The normalized spacial score (nSPS) is 19.6. The molecular formula is C12H23NO2S. The van der Waals surface area contributed by atoms with Gasteiger partial charge in [0.1, 0.15) is 6.04 Å². The molecule has 2 N–H and O–H groups in total. The van der Waals surface area contributed by atoms with Gasteiger partial charge in [0.05, 0.1) is 0 Å². The van der Waals surface area contributed by atoms with Crippen LogP contribution in [0.15, 0.2) is 0 Å². The molecule has 1 atom stereocenters. The molecule has 16 heavy (non-hydrogen) atoms. The number of thioether (sulfide) groups is 1. The molecule has 0 aromatic heterocycles. The molecule has 0 unspecified atom stereocenters. The number of carboxylic acid groups (broad SMARTS) is 1. The Morgan fingerprint density at radius 1 is 1.44 bits per heavy atom. The van der Waals surface area contributed by atoms with Crippen molar-refractivity contribution in [2.45, 2.75) is 56.7 Å². The Morgan fingerprint density at radius 2 is 2.12 bits per heavy atom. The van der Waals surface area contributed by atoms with Crippen molar-refractivity contribution in [3.63, 3.8) is 0 Å². The maximum Gasteiger partial charge on any atom is 0.320 e. The van der Waals surface area contributed by atoms with Crippen LogP contribution < -0.4 is 5.32 Å². The Hall–Kier alpha value is -0.220. The van der Waals surface area contributed by atoms with Gasteiger partial charge in [0.15, 0.2) is 0 Å². The van der Waals surface area contributed by atoms with E-state index < -0.39 is 5.97 Å². The van der Waals surface area contributed by atoms with Crippen LogP contribution in [-0.4, -0.2) is 34.7 Å². The molecule has 3 nitrogen and oxygen atoms in total. The van der Waals surface area contributed by atoms with Gasteiger partial charge in [-0.2, -0.15) is 11.8 Å². The lowest BCUT2D eigenvalue weighted by Crippen LogP contribution is -2.37. The summed E-state index contributed by atoms with van der Waals surface area (Å²) in [7, 11) is 0. The first-order chi connectivity index (χ1) is 7.74. The van der Waals surface area contributed by atoms with Gasteiger partial charge in [0, 0.05) is 17.5 Å². The van der Waals surface area contributed by atoms with E-state index >= 15 is 0 Å². The van der Waals surface area contributed by atoms with Crippen molar-refractivity contribution in [1.29, 1.82) is 0 Å². The van der Waals surface area contributed by atoms with E-state index in [0.717, 1.165) is 17.5 Å². The predicted octanol–water partition coefficient (Wildman–Crippen LogP) is 2.51. The summed E-state index contributed by atoms with van der Waals surface area (Å²) < 4.78 is 0. The lowest BCUT2D eigenvalue weighted by Gasteiger charge is -2.21.